The van der Waals surface area contributed by atoms with Crippen LogP contribution in [0.1, 0.15) is 49.4 Å². The van der Waals surface area contributed by atoms with Gasteiger partial charge in [-0.15, -0.1) is 0 Å². The van der Waals surface area contributed by atoms with Gasteiger partial charge >= 0.3 is 0 Å². The number of hydrogen-bond acceptors (Lipinski definition) is 4. The predicted octanol–water partition coefficient (Wildman–Crippen LogP) is 3.02. The topological polar surface area (TPSA) is 57.7 Å². The number of hydrogen-bond donors (Lipinski definition) is 0. The van der Waals surface area contributed by atoms with Crippen molar-refractivity contribution in [2.45, 2.75) is 43.9 Å². The van der Waals surface area contributed by atoms with Gasteiger partial charge in [0.15, 0.2) is 5.78 Å². The van der Waals surface area contributed by atoms with Gasteiger partial charge in [-0.3, -0.25) is 4.79 Å². The molecule has 0 atom stereocenters. The summed E-state index contributed by atoms with van der Waals surface area (Å²) in [5.41, 5.74) is 0.436. The van der Waals surface area contributed by atoms with Crippen LogP contribution < -0.4 is 0 Å². The van der Waals surface area contributed by atoms with Crippen molar-refractivity contribution in [3.63, 3.8) is 0 Å². The van der Waals surface area contributed by atoms with E-state index in [9.17, 15) is 13.2 Å². The monoisotopic (exact) mass is 366 g/mol. The molecule has 2 rings (SSSR count). The number of Topliss-reactive ketones (excluding diaryl/α,β-unsaturated/α-hetero) is 1. The molecule has 0 radical (unpaired) electrons. The second-order valence-corrected chi connectivity index (χ2v) is 9.19. The second kappa shape index (κ2) is 8.92. The number of carbonyl (C=O) groups excluding carboxylic acids is 1. The third kappa shape index (κ3) is 5.62. The summed E-state index contributed by atoms with van der Waals surface area (Å²) in [5.74, 6) is 0.311. The van der Waals surface area contributed by atoms with Crippen molar-refractivity contribution >= 4 is 15.8 Å². The van der Waals surface area contributed by atoms with Crippen LogP contribution in [0.25, 0.3) is 0 Å². The molecule has 140 valence electrons. The maximum atomic E-state index is 13.2. The van der Waals surface area contributed by atoms with E-state index in [4.69, 9.17) is 0 Å². The van der Waals surface area contributed by atoms with Crippen LogP contribution >= 0.6 is 0 Å². The van der Waals surface area contributed by atoms with Crippen LogP contribution in [-0.2, 0) is 10.0 Å². The number of carbonyl (C=O) groups is 1. The molecule has 0 bridgehead atoms. The fourth-order valence-electron chi connectivity index (χ4n) is 3.30. The lowest BCUT2D eigenvalue weighted by molar-refractivity contribution is 0.101. The summed E-state index contributed by atoms with van der Waals surface area (Å²) in [5, 5.41) is 0. The SMILES string of the molecule is CC(=O)c1cccc(S(=O)(=O)N(CCN(C)C)CC2CCCCC2)c1. The zero-order chi connectivity index (χ0) is 18.4. The second-order valence-electron chi connectivity index (χ2n) is 7.25. The summed E-state index contributed by atoms with van der Waals surface area (Å²) in [7, 11) is 0.295. The van der Waals surface area contributed by atoms with E-state index < -0.39 is 10.0 Å². The van der Waals surface area contributed by atoms with E-state index in [1.165, 1.54) is 32.3 Å². The first-order valence-corrected chi connectivity index (χ1v) is 10.5. The Labute approximate surface area is 152 Å². The van der Waals surface area contributed by atoms with Crippen LogP contribution in [0.3, 0.4) is 0 Å². The Morgan fingerprint density at radius 3 is 2.40 bits per heavy atom. The highest BCUT2D eigenvalue weighted by atomic mass is 32.2. The first-order valence-electron chi connectivity index (χ1n) is 9.06. The fourth-order valence-corrected chi connectivity index (χ4v) is 4.86. The smallest absolute Gasteiger partial charge is 0.243 e. The van der Waals surface area contributed by atoms with Crippen molar-refractivity contribution in [3.8, 4) is 0 Å². The average Bonchev–Trinajstić information content (AvgIpc) is 2.59. The number of benzene rings is 1. The average molecular weight is 367 g/mol. The van der Waals surface area contributed by atoms with Crippen LogP contribution in [0.4, 0.5) is 0 Å². The standard InChI is InChI=1S/C19H30N2O3S/c1-16(22)18-10-7-11-19(14-18)25(23,24)21(13-12-20(2)3)15-17-8-5-4-6-9-17/h7,10-11,14,17H,4-6,8-9,12-13,15H2,1-3H3. The van der Waals surface area contributed by atoms with E-state index in [1.54, 1.807) is 22.5 Å². The summed E-state index contributed by atoms with van der Waals surface area (Å²) in [4.78, 5) is 13.8. The van der Waals surface area contributed by atoms with Gasteiger partial charge in [0.05, 0.1) is 4.90 Å². The lowest BCUT2D eigenvalue weighted by Crippen LogP contribution is -2.40. The molecule has 6 heteroatoms. The Balaban J connectivity index is 2.26. The van der Waals surface area contributed by atoms with Crippen LogP contribution in [0.5, 0.6) is 0 Å². The first-order chi connectivity index (χ1) is 11.8. The Bertz CT molecular complexity index is 680. The Morgan fingerprint density at radius 1 is 1.12 bits per heavy atom. The molecule has 1 aromatic rings. The molecule has 0 aromatic heterocycles. The first kappa shape index (κ1) is 20.1. The van der Waals surface area contributed by atoms with Gasteiger partial charge in [0, 0.05) is 25.2 Å². The summed E-state index contributed by atoms with van der Waals surface area (Å²) < 4.78 is 28.0. The van der Waals surface area contributed by atoms with Gasteiger partial charge in [-0.05, 0) is 51.9 Å². The molecular formula is C19H30N2O3S. The van der Waals surface area contributed by atoms with E-state index in [0.29, 0.717) is 31.1 Å². The van der Waals surface area contributed by atoms with Crippen molar-refractivity contribution in [1.82, 2.24) is 9.21 Å². The largest absolute Gasteiger partial charge is 0.308 e. The van der Waals surface area contributed by atoms with E-state index in [-0.39, 0.29) is 10.7 Å². The Morgan fingerprint density at radius 2 is 1.80 bits per heavy atom. The van der Waals surface area contributed by atoms with Gasteiger partial charge in [0.2, 0.25) is 10.0 Å². The highest BCUT2D eigenvalue weighted by Gasteiger charge is 2.28. The minimum atomic E-state index is -3.60. The number of sulfonamides is 1. The highest BCUT2D eigenvalue weighted by Crippen LogP contribution is 2.27. The molecule has 1 aliphatic rings. The Kier molecular flexibility index (Phi) is 7.16. The molecule has 25 heavy (non-hydrogen) atoms. The molecule has 0 saturated heterocycles. The minimum absolute atomic E-state index is 0.121. The van der Waals surface area contributed by atoms with Crippen molar-refractivity contribution in [1.29, 1.82) is 0 Å². The quantitative estimate of drug-likeness (QED) is 0.664. The lowest BCUT2D eigenvalue weighted by Gasteiger charge is -2.30. The van der Waals surface area contributed by atoms with Crippen molar-refractivity contribution in [2.24, 2.45) is 5.92 Å². The molecule has 0 amide bonds. The third-order valence-corrected chi connectivity index (χ3v) is 6.72. The van der Waals surface area contributed by atoms with Crippen molar-refractivity contribution in [3.05, 3.63) is 29.8 Å². The molecule has 5 nitrogen and oxygen atoms in total. The van der Waals surface area contributed by atoms with Crippen molar-refractivity contribution < 1.29 is 13.2 Å². The fraction of sp³-hybridized carbons (Fsp3) is 0.632. The number of likely N-dealkylation sites (N-methyl/N-ethyl adjacent to an activating group) is 1. The number of ketones is 1. The summed E-state index contributed by atoms with van der Waals surface area (Å²) >= 11 is 0. The molecule has 0 unspecified atom stereocenters. The molecule has 1 aromatic carbocycles. The molecule has 0 heterocycles. The normalized spacial score (nSPS) is 16.5. The van der Waals surface area contributed by atoms with E-state index >= 15 is 0 Å². The minimum Gasteiger partial charge on any atom is -0.308 e. The van der Waals surface area contributed by atoms with Crippen LogP contribution in [-0.4, -0.2) is 57.1 Å². The van der Waals surface area contributed by atoms with Gasteiger partial charge in [-0.25, -0.2) is 8.42 Å². The summed E-state index contributed by atoms with van der Waals surface area (Å²) in [6, 6.07) is 6.40. The summed E-state index contributed by atoms with van der Waals surface area (Å²) in [6.45, 7) is 3.17. The predicted molar refractivity (Wildman–Crippen MR) is 100 cm³/mol. The van der Waals surface area contributed by atoms with Gasteiger partial charge in [-0.2, -0.15) is 4.31 Å². The highest BCUT2D eigenvalue weighted by molar-refractivity contribution is 7.89. The third-order valence-electron chi connectivity index (χ3n) is 4.86. The Hall–Kier alpha value is -1.24. The van der Waals surface area contributed by atoms with Crippen LogP contribution in [0.2, 0.25) is 0 Å². The van der Waals surface area contributed by atoms with Gasteiger partial charge in [0.1, 0.15) is 0 Å². The zero-order valence-corrected chi connectivity index (χ0v) is 16.4. The molecule has 1 fully saturated rings. The van der Waals surface area contributed by atoms with Crippen molar-refractivity contribution in [2.75, 3.05) is 33.7 Å². The molecule has 0 spiro atoms. The van der Waals surface area contributed by atoms with Gasteiger partial charge in [-0.1, -0.05) is 31.4 Å². The van der Waals surface area contributed by atoms with Gasteiger partial charge in [0.25, 0.3) is 0 Å². The van der Waals surface area contributed by atoms with E-state index in [1.807, 2.05) is 19.0 Å². The molecule has 0 N–H and O–H groups in total. The van der Waals surface area contributed by atoms with Crippen LogP contribution in [0, 0.1) is 5.92 Å². The van der Waals surface area contributed by atoms with Gasteiger partial charge < -0.3 is 4.90 Å². The molecule has 0 aliphatic heterocycles. The molecule has 1 saturated carbocycles. The summed E-state index contributed by atoms with van der Waals surface area (Å²) in [6.07, 6.45) is 5.82. The molecular weight excluding hydrogens is 336 g/mol. The maximum Gasteiger partial charge on any atom is 0.243 e. The molecule has 1 aliphatic carbocycles. The number of nitrogens with zero attached hydrogens (tertiary/aromatic N) is 2. The van der Waals surface area contributed by atoms with Crippen LogP contribution in [0.15, 0.2) is 29.2 Å². The maximum absolute atomic E-state index is 13.2. The zero-order valence-electron chi connectivity index (χ0n) is 15.6. The lowest BCUT2D eigenvalue weighted by atomic mass is 9.89. The number of rotatable bonds is 8. The van der Waals surface area contributed by atoms with E-state index in [2.05, 4.69) is 0 Å². The van der Waals surface area contributed by atoms with E-state index in [0.717, 1.165) is 12.8 Å².